The van der Waals surface area contributed by atoms with Crippen LogP contribution in [0.25, 0.3) is 0 Å². The maximum atomic E-state index is 11.5. The second kappa shape index (κ2) is 5.15. The van der Waals surface area contributed by atoms with E-state index in [0.717, 1.165) is 31.1 Å². The summed E-state index contributed by atoms with van der Waals surface area (Å²) in [5.41, 5.74) is 2.64. The molecule has 1 aromatic rings. The lowest BCUT2D eigenvalue weighted by Crippen LogP contribution is -2.34. The second-order valence-corrected chi connectivity index (χ2v) is 7.06. The fourth-order valence-electron chi connectivity index (χ4n) is 4.12. The van der Waals surface area contributed by atoms with Gasteiger partial charge >= 0.3 is 0 Å². The zero-order chi connectivity index (χ0) is 15.3. The fourth-order valence-corrected chi connectivity index (χ4v) is 4.12. The van der Waals surface area contributed by atoms with E-state index >= 15 is 0 Å². The molecule has 1 aromatic heterocycles. The minimum atomic E-state index is 0.193. The molecule has 2 saturated carbocycles. The molecule has 2 atom stereocenters. The lowest BCUT2D eigenvalue weighted by atomic mass is 10.0. The topological polar surface area (TPSA) is 38.1 Å². The van der Waals surface area contributed by atoms with E-state index in [0.29, 0.717) is 18.0 Å². The van der Waals surface area contributed by atoms with Crippen LogP contribution in [-0.4, -0.2) is 33.7 Å². The predicted molar refractivity (Wildman–Crippen MR) is 83.2 cm³/mol. The number of rotatable bonds is 4. The Morgan fingerprint density at radius 1 is 1.43 bits per heavy atom. The molecule has 0 bridgehead atoms. The number of hydrogen-bond donors (Lipinski definition) is 0. The summed E-state index contributed by atoms with van der Waals surface area (Å²) in [4.78, 5) is 13.4. The highest BCUT2D eigenvalue weighted by molar-refractivity contribution is 5.73. The van der Waals surface area contributed by atoms with Gasteiger partial charge in [0.2, 0.25) is 5.91 Å². The Bertz CT molecular complexity index is 536. The van der Waals surface area contributed by atoms with E-state index in [2.05, 4.69) is 31.5 Å². The van der Waals surface area contributed by atoms with Crippen molar-refractivity contribution in [2.75, 3.05) is 7.05 Å². The summed E-state index contributed by atoms with van der Waals surface area (Å²) in [5.74, 6) is 2.39. The molecular weight excluding hydrogens is 262 g/mol. The first-order valence-corrected chi connectivity index (χ1v) is 8.25. The maximum Gasteiger partial charge on any atom is 0.219 e. The van der Waals surface area contributed by atoms with E-state index in [1.54, 1.807) is 6.92 Å². The van der Waals surface area contributed by atoms with Crippen LogP contribution in [0.2, 0.25) is 0 Å². The quantitative estimate of drug-likeness (QED) is 0.854. The number of nitrogens with zero attached hydrogens (tertiary/aromatic N) is 3. The molecule has 2 fully saturated rings. The van der Waals surface area contributed by atoms with Crippen molar-refractivity contribution in [3.63, 3.8) is 0 Å². The van der Waals surface area contributed by atoms with Crippen LogP contribution < -0.4 is 0 Å². The van der Waals surface area contributed by atoms with Crippen LogP contribution in [0.5, 0.6) is 0 Å². The van der Waals surface area contributed by atoms with Crippen LogP contribution in [0.4, 0.5) is 0 Å². The molecule has 1 heterocycles. The minimum Gasteiger partial charge on any atom is -0.343 e. The molecule has 0 aliphatic heterocycles. The van der Waals surface area contributed by atoms with Gasteiger partial charge in [-0.1, -0.05) is 6.92 Å². The van der Waals surface area contributed by atoms with Crippen molar-refractivity contribution in [3.8, 4) is 0 Å². The molecule has 2 aliphatic rings. The minimum absolute atomic E-state index is 0.193. The number of aryl methyl sites for hydroxylation is 1. The maximum absolute atomic E-state index is 11.5. The molecule has 4 nitrogen and oxygen atoms in total. The summed E-state index contributed by atoms with van der Waals surface area (Å²) in [5, 5.41) is 4.75. The third-order valence-electron chi connectivity index (χ3n) is 5.47. The van der Waals surface area contributed by atoms with E-state index in [1.165, 1.54) is 11.4 Å². The molecule has 0 radical (unpaired) electrons. The first-order chi connectivity index (χ1) is 9.93. The zero-order valence-electron chi connectivity index (χ0n) is 13.8. The fraction of sp³-hybridized carbons (Fsp3) is 0.765. The Morgan fingerprint density at radius 3 is 2.52 bits per heavy atom. The molecule has 2 unspecified atom stereocenters. The molecule has 116 valence electrons. The highest BCUT2D eigenvalue weighted by Gasteiger charge is 2.58. The van der Waals surface area contributed by atoms with Crippen molar-refractivity contribution in [2.45, 2.75) is 65.0 Å². The normalized spacial score (nSPS) is 30.6. The van der Waals surface area contributed by atoms with Crippen molar-refractivity contribution in [3.05, 3.63) is 17.5 Å². The summed E-state index contributed by atoms with van der Waals surface area (Å²) in [7, 11) is 1.94. The number of aromatic nitrogens is 2. The van der Waals surface area contributed by atoms with Crippen molar-refractivity contribution in [2.24, 2.45) is 11.8 Å². The monoisotopic (exact) mass is 289 g/mol. The van der Waals surface area contributed by atoms with Gasteiger partial charge in [0.15, 0.2) is 0 Å². The molecular formula is C17H27N3O. The molecule has 21 heavy (non-hydrogen) atoms. The summed E-state index contributed by atoms with van der Waals surface area (Å²) in [6.07, 6.45) is 3.33. The Morgan fingerprint density at radius 2 is 2.05 bits per heavy atom. The van der Waals surface area contributed by atoms with Gasteiger partial charge in [-0.2, -0.15) is 5.10 Å². The van der Waals surface area contributed by atoms with E-state index < -0.39 is 0 Å². The molecule has 4 heteroatoms. The summed E-state index contributed by atoms with van der Waals surface area (Å²) >= 11 is 0. The third kappa shape index (κ3) is 2.39. The number of hydrogen-bond acceptors (Lipinski definition) is 2. The average molecular weight is 289 g/mol. The molecule has 0 aromatic carbocycles. The largest absolute Gasteiger partial charge is 0.343 e. The summed E-state index contributed by atoms with van der Waals surface area (Å²) in [6.45, 7) is 8.26. The van der Waals surface area contributed by atoms with Crippen molar-refractivity contribution >= 4 is 5.91 Å². The third-order valence-corrected chi connectivity index (χ3v) is 5.47. The molecule has 0 saturated heterocycles. The van der Waals surface area contributed by atoms with Crippen LogP contribution in [-0.2, 0) is 11.2 Å². The van der Waals surface area contributed by atoms with Crippen LogP contribution >= 0.6 is 0 Å². The first-order valence-electron chi connectivity index (χ1n) is 8.25. The number of carbonyl (C=O) groups excluding carboxylic acids is 1. The standard InChI is InChI=1S/C17H27N3O/c1-6-12-7-16(20(18-12)10(2)3)17-14-8-13(9-15(14)17)19(5)11(4)21/h7,10,13-15,17H,6,8-9H2,1-5H3. The van der Waals surface area contributed by atoms with E-state index in [4.69, 9.17) is 5.10 Å². The second-order valence-electron chi connectivity index (χ2n) is 7.06. The van der Waals surface area contributed by atoms with Gasteiger partial charge in [-0.15, -0.1) is 0 Å². The van der Waals surface area contributed by atoms with Gasteiger partial charge in [0, 0.05) is 37.7 Å². The Kier molecular flexibility index (Phi) is 3.58. The average Bonchev–Trinajstić information content (AvgIpc) is 2.85. The Hall–Kier alpha value is -1.32. The van der Waals surface area contributed by atoms with E-state index in [1.807, 2.05) is 11.9 Å². The van der Waals surface area contributed by atoms with Crippen LogP contribution in [0.1, 0.15) is 63.9 Å². The SMILES string of the molecule is CCc1cc(C2C3CC(N(C)C(C)=O)CC32)n(C(C)C)n1. The lowest BCUT2D eigenvalue weighted by Gasteiger charge is -2.25. The van der Waals surface area contributed by atoms with Gasteiger partial charge in [-0.3, -0.25) is 9.48 Å². The van der Waals surface area contributed by atoms with Gasteiger partial charge in [-0.25, -0.2) is 0 Å². The van der Waals surface area contributed by atoms with Gasteiger partial charge in [-0.05, 0) is 51.0 Å². The number of carbonyl (C=O) groups is 1. The van der Waals surface area contributed by atoms with Crippen LogP contribution in [0.3, 0.4) is 0 Å². The Balaban J connectivity index is 1.73. The highest BCUT2D eigenvalue weighted by Crippen LogP contribution is 2.64. The van der Waals surface area contributed by atoms with Crippen LogP contribution in [0, 0.1) is 11.8 Å². The van der Waals surface area contributed by atoms with E-state index in [-0.39, 0.29) is 5.91 Å². The molecule has 2 aliphatic carbocycles. The highest BCUT2D eigenvalue weighted by atomic mass is 16.2. The van der Waals surface area contributed by atoms with Gasteiger partial charge < -0.3 is 4.90 Å². The van der Waals surface area contributed by atoms with E-state index in [9.17, 15) is 4.79 Å². The number of fused-ring (bicyclic) bond motifs is 1. The zero-order valence-corrected chi connectivity index (χ0v) is 13.8. The Labute approximate surface area is 127 Å². The lowest BCUT2D eigenvalue weighted by molar-refractivity contribution is -0.129. The summed E-state index contributed by atoms with van der Waals surface area (Å²) in [6, 6.07) is 3.19. The number of amides is 1. The van der Waals surface area contributed by atoms with Crippen molar-refractivity contribution in [1.29, 1.82) is 0 Å². The van der Waals surface area contributed by atoms with Crippen molar-refractivity contribution in [1.82, 2.24) is 14.7 Å². The molecule has 1 amide bonds. The van der Waals surface area contributed by atoms with Gasteiger partial charge in [0.05, 0.1) is 5.69 Å². The summed E-state index contributed by atoms with van der Waals surface area (Å²) < 4.78 is 2.23. The van der Waals surface area contributed by atoms with Crippen LogP contribution in [0.15, 0.2) is 6.07 Å². The smallest absolute Gasteiger partial charge is 0.219 e. The first kappa shape index (κ1) is 14.6. The van der Waals surface area contributed by atoms with Crippen molar-refractivity contribution < 1.29 is 4.79 Å². The van der Waals surface area contributed by atoms with Gasteiger partial charge in [0.25, 0.3) is 0 Å². The molecule has 0 N–H and O–H groups in total. The molecule has 0 spiro atoms. The molecule has 3 rings (SSSR count). The van der Waals surface area contributed by atoms with Gasteiger partial charge in [0.1, 0.15) is 0 Å². The predicted octanol–water partition coefficient (Wildman–Crippen LogP) is 3.00.